The fourth-order valence-corrected chi connectivity index (χ4v) is 1.67. The van der Waals surface area contributed by atoms with E-state index in [0.29, 0.717) is 16.8 Å². The van der Waals surface area contributed by atoms with Gasteiger partial charge in [-0.1, -0.05) is 11.6 Å². The topological polar surface area (TPSA) is 43.6 Å². The van der Waals surface area contributed by atoms with Gasteiger partial charge < -0.3 is 0 Å². The molecule has 0 aromatic carbocycles. The molecule has 4 nitrogen and oxygen atoms in total. The van der Waals surface area contributed by atoms with Gasteiger partial charge in [0.05, 0.1) is 9.77 Å². The lowest BCUT2D eigenvalue weighted by Crippen LogP contribution is -2.00. The molecule has 72 valence electrons. The molecule has 2 aromatic rings. The SMILES string of the molecule is Cc1nc(Cl)cc(-n2cc(I)cn2)n1. The van der Waals surface area contributed by atoms with Crippen LogP contribution in [0.2, 0.25) is 5.15 Å². The van der Waals surface area contributed by atoms with Gasteiger partial charge in [-0.3, -0.25) is 0 Å². The van der Waals surface area contributed by atoms with Crippen molar-refractivity contribution < 1.29 is 0 Å². The lowest BCUT2D eigenvalue weighted by molar-refractivity contribution is 0.828. The highest BCUT2D eigenvalue weighted by Crippen LogP contribution is 2.11. The van der Waals surface area contributed by atoms with Crippen molar-refractivity contribution in [3.8, 4) is 5.82 Å². The van der Waals surface area contributed by atoms with Gasteiger partial charge in [-0.05, 0) is 29.5 Å². The fourth-order valence-electron chi connectivity index (χ4n) is 1.06. The van der Waals surface area contributed by atoms with Crippen molar-refractivity contribution >= 4 is 34.2 Å². The Morgan fingerprint density at radius 1 is 1.43 bits per heavy atom. The maximum Gasteiger partial charge on any atom is 0.158 e. The predicted molar refractivity (Wildman–Crippen MR) is 61.6 cm³/mol. The molecule has 0 unspecified atom stereocenters. The lowest BCUT2D eigenvalue weighted by Gasteiger charge is -2.01. The monoisotopic (exact) mass is 320 g/mol. The van der Waals surface area contributed by atoms with Crippen molar-refractivity contribution in [1.29, 1.82) is 0 Å². The fraction of sp³-hybridized carbons (Fsp3) is 0.125. The van der Waals surface area contributed by atoms with E-state index in [4.69, 9.17) is 11.6 Å². The smallest absolute Gasteiger partial charge is 0.158 e. The molecule has 6 heteroatoms. The van der Waals surface area contributed by atoms with Crippen LogP contribution in [0.25, 0.3) is 5.82 Å². The Labute approximate surface area is 99.5 Å². The van der Waals surface area contributed by atoms with E-state index in [1.54, 1.807) is 23.9 Å². The molecule has 0 saturated carbocycles. The number of hydrogen-bond acceptors (Lipinski definition) is 3. The summed E-state index contributed by atoms with van der Waals surface area (Å²) < 4.78 is 2.72. The third-order valence-electron chi connectivity index (χ3n) is 1.58. The van der Waals surface area contributed by atoms with Crippen LogP contribution in [0.1, 0.15) is 5.82 Å². The molecule has 2 rings (SSSR count). The van der Waals surface area contributed by atoms with E-state index in [0.717, 1.165) is 3.57 Å². The standard InChI is InChI=1S/C8H6ClIN4/c1-5-12-7(9)2-8(13-5)14-4-6(10)3-11-14/h2-4H,1H3. The zero-order chi connectivity index (χ0) is 10.1. The Bertz CT molecular complexity index is 448. The van der Waals surface area contributed by atoms with Crippen LogP contribution in [0.3, 0.4) is 0 Å². The molecule has 0 bridgehead atoms. The highest BCUT2D eigenvalue weighted by atomic mass is 127. The Morgan fingerprint density at radius 3 is 2.79 bits per heavy atom. The van der Waals surface area contributed by atoms with E-state index in [1.807, 2.05) is 6.20 Å². The average molecular weight is 321 g/mol. The molecule has 0 aliphatic heterocycles. The van der Waals surface area contributed by atoms with Crippen LogP contribution in [-0.4, -0.2) is 19.7 Å². The molecule has 14 heavy (non-hydrogen) atoms. The van der Waals surface area contributed by atoms with Crippen molar-refractivity contribution in [2.24, 2.45) is 0 Å². The van der Waals surface area contributed by atoms with Crippen LogP contribution in [0.15, 0.2) is 18.5 Å². The van der Waals surface area contributed by atoms with Gasteiger partial charge in [0.15, 0.2) is 5.82 Å². The quantitative estimate of drug-likeness (QED) is 0.598. The average Bonchev–Trinajstić information content (AvgIpc) is 2.50. The van der Waals surface area contributed by atoms with E-state index in [2.05, 4.69) is 37.7 Å². The molecule has 0 aliphatic rings. The first-order valence-corrected chi connectivity index (χ1v) is 5.32. The van der Waals surface area contributed by atoms with Crippen molar-refractivity contribution in [1.82, 2.24) is 19.7 Å². The molecule has 0 amide bonds. The second-order valence-electron chi connectivity index (χ2n) is 2.70. The van der Waals surface area contributed by atoms with Crippen LogP contribution in [0.4, 0.5) is 0 Å². The molecular formula is C8H6ClIN4. The lowest BCUT2D eigenvalue weighted by atomic mass is 10.5. The van der Waals surface area contributed by atoms with Gasteiger partial charge in [0.1, 0.15) is 11.0 Å². The maximum atomic E-state index is 5.81. The Kier molecular flexibility index (Phi) is 2.69. The second kappa shape index (κ2) is 3.82. The summed E-state index contributed by atoms with van der Waals surface area (Å²) in [5.74, 6) is 1.32. The summed E-state index contributed by atoms with van der Waals surface area (Å²) in [6.07, 6.45) is 3.63. The van der Waals surface area contributed by atoms with Gasteiger partial charge in [-0.15, -0.1) is 0 Å². The summed E-state index contributed by atoms with van der Waals surface area (Å²) in [7, 11) is 0. The highest BCUT2D eigenvalue weighted by molar-refractivity contribution is 14.1. The molecule has 0 N–H and O–H groups in total. The Balaban J connectivity index is 2.51. The van der Waals surface area contributed by atoms with E-state index >= 15 is 0 Å². The summed E-state index contributed by atoms with van der Waals surface area (Å²) in [6.45, 7) is 1.80. The first-order chi connectivity index (χ1) is 6.65. The van der Waals surface area contributed by atoms with Gasteiger partial charge in [0.2, 0.25) is 0 Å². The first kappa shape index (κ1) is 9.85. The molecule has 2 aromatic heterocycles. The molecule has 0 atom stereocenters. The highest BCUT2D eigenvalue weighted by Gasteiger charge is 2.03. The van der Waals surface area contributed by atoms with Crippen molar-refractivity contribution in [3.63, 3.8) is 0 Å². The van der Waals surface area contributed by atoms with Gasteiger partial charge in [-0.25, -0.2) is 14.6 Å². The van der Waals surface area contributed by atoms with E-state index in [-0.39, 0.29) is 0 Å². The van der Waals surface area contributed by atoms with Crippen molar-refractivity contribution in [2.75, 3.05) is 0 Å². The number of aryl methyl sites for hydroxylation is 1. The zero-order valence-electron chi connectivity index (χ0n) is 7.28. The van der Waals surface area contributed by atoms with Gasteiger partial charge in [0, 0.05) is 12.3 Å². The number of nitrogens with zero attached hydrogens (tertiary/aromatic N) is 4. The maximum absolute atomic E-state index is 5.81. The van der Waals surface area contributed by atoms with Crippen molar-refractivity contribution in [2.45, 2.75) is 6.92 Å². The molecule has 2 heterocycles. The number of rotatable bonds is 1. The van der Waals surface area contributed by atoms with E-state index < -0.39 is 0 Å². The third-order valence-corrected chi connectivity index (χ3v) is 2.33. The molecule has 0 fully saturated rings. The van der Waals surface area contributed by atoms with Crippen LogP contribution < -0.4 is 0 Å². The number of aromatic nitrogens is 4. The van der Waals surface area contributed by atoms with Crippen molar-refractivity contribution in [3.05, 3.63) is 33.0 Å². The van der Waals surface area contributed by atoms with E-state index in [1.165, 1.54) is 0 Å². The zero-order valence-corrected chi connectivity index (χ0v) is 10.2. The van der Waals surface area contributed by atoms with Gasteiger partial charge in [0.25, 0.3) is 0 Å². The molecule has 0 radical (unpaired) electrons. The van der Waals surface area contributed by atoms with Crippen LogP contribution >= 0.6 is 34.2 Å². The molecule has 0 spiro atoms. The molecule has 0 aliphatic carbocycles. The number of halogens is 2. The first-order valence-electron chi connectivity index (χ1n) is 3.87. The summed E-state index contributed by atoms with van der Waals surface area (Å²) in [4.78, 5) is 8.20. The second-order valence-corrected chi connectivity index (χ2v) is 4.33. The minimum atomic E-state index is 0.429. The molecule has 0 saturated heterocycles. The Morgan fingerprint density at radius 2 is 2.21 bits per heavy atom. The van der Waals surface area contributed by atoms with Crippen LogP contribution in [0.5, 0.6) is 0 Å². The van der Waals surface area contributed by atoms with Crippen LogP contribution in [-0.2, 0) is 0 Å². The van der Waals surface area contributed by atoms with Gasteiger partial charge >= 0.3 is 0 Å². The predicted octanol–water partition coefficient (Wildman–Crippen LogP) is 2.23. The van der Waals surface area contributed by atoms with E-state index in [9.17, 15) is 0 Å². The summed E-state index contributed by atoms with van der Waals surface area (Å²) in [5.41, 5.74) is 0. The Hall–Kier alpha value is -0.690. The van der Waals surface area contributed by atoms with Crippen LogP contribution in [0, 0.1) is 10.5 Å². The largest absolute Gasteiger partial charge is 0.221 e. The minimum absolute atomic E-state index is 0.429. The number of hydrogen-bond donors (Lipinski definition) is 0. The summed E-state index contributed by atoms with van der Waals surface area (Å²) in [5, 5.41) is 4.56. The van der Waals surface area contributed by atoms with Gasteiger partial charge in [-0.2, -0.15) is 5.10 Å². The minimum Gasteiger partial charge on any atom is -0.221 e. The summed E-state index contributed by atoms with van der Waals surface area (Å²) >= 11 is 8.00. The third kappa shape index (κ3) is 2.03. The summed E-state index contributed by atoms with van der Waals surface area (Å²) in [6, 6.07) is 1.68. The normalized spacial score (nSPS) is 10.5. The molecular weight excluding hydrogens is 314 g/mol.